The third-order valence-electron chi connectivity index (χ3n) is 3.45. The Kier molecular flexibility index (Phi) is 4.63. The van der Waals surface area contributed by atoms with E-state index in [1.54, 1.807) is 7.11 Å². The summed E-state index contributed by atoms with van der Waals surface area (Å²) in [4.78, 5) is 12.4. The van der Waals surface area contributed by atoms with Gasteiger partial charge in [-0.3, -0.25) is 4.79 Å². The van der Waals surface area contributed by atoms with Gasteiger partial charge in [-0.2, -0.15) is 8.75 Å². The van der Waals surface area contributed by atoms with Crippen molar-refractivity contribution in [3.63, 3.8) is 0 Å². The van der Waals surface area contributed by atoms with Crippen LogP contribution in [0.2, 0.25) is 0 Å². The topological polar surface area (TPSA) is 64.1 Å². The summed E-state index contributed by atoms with van der Waals surface area (Å²) < 4.78 is 13.0. The van der Waals surface area contributed by atoms with Crippen LogP contribution < -0.4 is 10.1 Å². The van der Waals surface area contributed by atoms with Gasteiger partial charge in [0.2, 0.25) is 0 Å². The van der Waals surface area contributed by atoms with Crippen molar-refractivity contribution in [1.29, 1.82) is 0 Å². The molecule has 0 aliphatic heterocycles. The molecule has 0 saturated heterocycles. The van der Waals surface area contributed by atoms with Gasteiger partial charge >= 0.3 is 0 Å². The largest absolute Gasteiger partial charge is 0.497 e. The lowest BCUT2D eigenvalue weighted by Crippen LogP contribution is -2.29. The van der Waals surface area contributed by atoms with Crippen LogP contribution in [0.3, 0.4) is 0 Å². The zero-order valence-corrected chi connectivity index (χ0v) is 13.3. The van der Waals surface area contributed by atoms with Gasteiger partial charge in [0.15, 0.2) is 5.69 Å². The first-order valence-electron chi connectivity index (χ1n) is 7.05. The van der Waals surface area contributed by atoms with Crippen molar-refractivity contribution in [3.05, 3.63) is 77.6 Å². The highest BCUT2D eigenvalue weighted by Gasteiger charge is 2.19. The summed E-state index contributed by atoms with van der Waals surface area (Å²) in [6, 6.07) is 17.2. The lowest BCUT2D eigenvalue weighted by Gasteiger charge is -2.19. The highest BCUT2D eigenvalue weighted by Crippen LogP contribution is 2.24. The minimum Gasteiger partial charge on any atom is -0.497 e. The van der Waals surface area contributed by atoms with Gasteiger partial charge in [-0.15, -0.1) is 0 Å². The molecule has 6 heteroatoms. The SMILES string of the molecule is COc1ccc(C(NC(=O)c2cnsn2)c2ccccc2)cc1. The van der Waals surface area contributed by atoms with Gasteiger partial charge in [-0.1, -0.05) is 42.5 Å². The molecule has 116 valence electrons. The van der Waals surface area contributed by atoms with Gasteiger partial charge in [0.1, 0.15) is 5.75 Å². The molecular weight excluding hydrogens is 310 g/mol. The predicted octanol–water partition coefficient (Wildman–Crippen LogP) is 3.07. The van der Waals surface area contributed by atoms with E-state index in [-0.39, 0.29) is 11.9 Å². The maximum absolute atomic E-state index is 12.4. The van der Waals surface area contributed by atoms with Crippen LogP contribution in [0.25, 0.3) is 0 Å². The second kappa shape index (κ2) is 7.02. The molecule has 3 aromatic rings. The summed E-state index contributed by atoms with van der Waals surface area (Å²) in [5, 5.41) is 3.01. The standard InChI is InChI=1S/C17H15N3O2S/c1-22-14-9-7-13(8-10-14)16(12-5-3-2-4-6-12)19-17(21)15-11-18-23-20-15/h2-11,16H,1H3,(H,19,21). The summed E-state index contributed by atoms with van der Waals surface area (Å²) in [7, 11) is 1.63. The zero-order valence-electron chi connectivity index (χ0n) is 12.5. The molecule has 0 aliphatic carbocycles. The first kappa shape index (κ1) is 15.2. The molecule has 0 radical (unpaired) electrons. The number of amides is 1. The third-order valence-corrected chi connectivity index (χ3v) is 3.93. The molecule has 1 aromatic heterocycles. The number of benzene rings is 2. The maximum atomic E-state index is 12.4. The molecule has 1 amide bonds. The molecule has 0 saturated carbocycles. The van der Waals surface area contributed by atoms with Crippen molar-refractivity contribution < 1.29 is 9.53 Å². The third kappa shape index (κ3) is 3.54. The minimum atomic E-state index is -0.267. The van der Waals surface area contributed by atoms with Crippen molar-refractivity contribution in [3.8, 4) is 5.75 Å². The number of methoxy groups -OCH3 is 1. The number of rotatable bonds is 5. The van der Waals surface area contributed by atoms with Crippen LogP contribution in [0.1, 0.15) is 27.7 Å². The van der Waals surface area contributed by atoms with E-state index in [1.165, 1.54) is 6.20 Å². The van der Waals surface area contributed by atoms with Crippen molar-refractivity contribution in [2.45, 2.75) is 6.04 Å². The van der Waals surface area contributed by atoms with E-state index in [4.69, 9.17) is 4.74 Å². The van der Waals surface area contributed by atoms with Crippen LogP contribution in [-0.2, 0) is 0 Å². The number of hydrogen-bond acceptors (Lipinski definition) is 5. The number of nitrogens with one attached hydrogen (secondary N) is 1. The van der Waals surface area contributed by atoms with Gasteiger partial charge in [-0.25, -0.2) is 0 Å². The van der Waals surface area contributed by atoms with Gasteiger partial charge in [0.25, 0.3) is 5.91 Å². The van der Waals surface area contributed by atoms with Crippen LogP contribution >= 0.6 is 11.7 Å². The number of nitrogens with zero attached hydrogens (tertiary/aromatic N) is 2. The number of hydrogen-bond donors (Lipinski definition) is 1. The predicted molar refractivity (Wildman–Crippen MR) is 88.7 cm³/mol. The van der Waals surface area contributed by atoms with Crippen molar-refractivity contribution >= 4 is 17.6 Å². The highest BCUT2D eigenvalue weighted by molar-refractivity contribution is 6.99. The molecule has 5 nitrogen and oxygen atoms in total. The van der Waals surface area contributed by atoms with Crippen LogP contribution in [0, 0.1) is 0 Å². The molecule has 1 heterocycles. The Hall–Kier alpha value is -2.73. The summed E-state index contributed by atoms with van der Waals surface area (Å²) in [5.41, 5.74) is 2.28. The summed E-state index contributed by atoms with van der Waals surface area (Å²) >= 11 is 1.01. The van der Waals surface area contributed by atoms with Gasteiger partial charge in [0.05, 0.1) is 31.1 Å². The molecular formula is C17H15N3O2S. The first-order chi connectivity index (χ1) is 11.3. The fourth-order valence-electron chi connectivity index (χ4n) is 2.27. The molecule has 0 bridgehead atoms. The van der Waals surface area contributed by atoms with Crippen molar-refractivity contribution in [1.82, 2.24) is 14.1 Å². The van der Waals surface area contributed by atoms with Crippen LogP contribution in [0.5, 0.6) is 5.75 Å². The summed E-state index contributed by atoms with van der Waals surface area (Å²) in [6.07, 6.45) is 1.47. The lowest BCUT2D eigenvalue weighted by atomic mass is 9.98. The van der Waals surface area contributed by atoms with E-state index in [2.05, 4.69) is 14.1 Å². The average molecular weight is 325 g/mol. The second-order valence-corrected chi connectivity index (χ2v) is 5.44. The Morgan fingerprint density at radius 3 is 2.39 bits per heavy atom. The molecule has 3 rings (SSSR count). The first-order valence-corrected chi connectivity index (χ1v) is 7.78. The number of carbonyl (C=O) groups is 1. The van der Waals surface area contributed by atoms with Crippen LogP contribution in [-0.4, -0.2) is 21.8 Å². The normalized spacial score (nSPS) is 11.7. The number of carbonyl (C=O) groups excluding carboxylic acids is 1. The Bertz CT molecular complexity index is 758. The quantitative estimate of drug-likeness (QED) is 0.783. The van der Waals surface area contributed by atoms with E-state index < -0.39 is 0 Å². The minimum absolute atomic E-state index is 0.247. The van der Waals surface area contributed by atoms with Gasteiger partial charge in [-0.05, 0) is 23.3 Å². The fourth-order valence-corrected chi connectivity index (χ4v) is 2.68. The smallest absolute Gasteiger partial charge is 0.273 e. The molecule has 0 fully saturated rings. The average Bonchev–Trinajstić information content (AvgIpc) is 3.15. The second-order valence-electron chi connectivity index (χ2n) is 4.88. The van der Waals surface area contributed by atoms with Crippen LogP contribution in [0.4, 0.5) is 0 Å². The van der Waals surface area contributed by atoms with E-state index >= 15 is 0 Å². The Morgan fingerprint density at radius 1 is 1.09 bits per heavy atom. The molecule has 0 spiro atoms. The molecule has 2 aromatic carbocycles. The van der Waals surface area contributed by atoms with Crippen molar-refractivity contribution in [2.75, 3.05) is 7.11 Å². The van der Waals surface area contributed by atoms with Gasteiger partial charge < -0.3 is 10.1 Å². The van der Waals surface area contributed by atoms with Gasteiger partial charge in [0, 0.05) is 0 Å². The molecule has 1 atom stereocenters. The van der Waals surface area contributed by atoms with E-state index in [0.29, 0.717) is 5.69 Å². The molecule has 23 heavy (non-hydrogen) atoms. The van der Waals surface area contributed by atoms with Crippen LogP contribution in [0.15, 0.2) is 60.8 Å². The Balaban J connectivity index is 1.91. The summed E-state index contributed by atoms with van der Waals surface area (Å²) in [6.45, 7) is 0. The fraction of sp³-hybridized carbons (Fsp3) is 0.118. The Morgan fingerprint density at radius 2 is 1.78 bits per heavy atom. The monoisotopic (exact) mass is 325 g/mol. The highest BCUT2D eigenvalue weighted by atomic mass is 32.1. The Labute approximate surface area is 138 Å². The van der Waals surface area contributed by atoms with E-state index in [9.17, 15) is 4.79 Å². The number of ether oxygens (including phenoxy) is 1. The molecule has 1 N–H and O–H groups in total. The van der Waals surface area contributed by atoms with E-state index in [0.717, 1.165) is 28.6 Å². The molecule has 0 aliphatic rings. The summed E-state index contributed by atoms with van der Waals surface area (Å²) in [5.74, 6) is 0.527. The number of aromatic nitrogens is 2. The maximum Gasteiger partial charge on any atom is 0.273 e. The van der Waals surface area contributed by atoms with Crippen molar-refractivity contribution in [2.24, 2.45) is 0 Å². The lowest BCUT2D eigenvalue weighted by molar-refractivity contribution is 0.0939. The zero-order chi connectivity index (χ0) is 16.1. The molecule has 1 unspecified atom stereocenters. The van der Waals surface area contributed by atoms with E-state index in [1.807, 2.05) is 54.6 Å².